The minimum atomic E-state index is 0.0984. The van der Waals surface area contributed by atoms with Gasteiger partial charge in [0.1, 0.15) is 0 Å². The van der Waals surface area contributed by atoms with E-state index in [1.807, 2.05) is 23.1 Å². The van der Waals surface area contributed by atoms with Crippen molar-refractivity contribution in [3.63, 3.8) is 0 Å². The van der Waals surface area contributed by atoms with Gasteiger partial charge in [0.25, 0.3) is 5.91 Å². The van der Waals surface area contributed by atoms with E-state index in [1.165, 1.54) is 19.3 Å². The van der Waals surface area contributed by atoms with Gasteiger partial charge in [-0.3, -0.25) is 4.79 Å². The molecule has 0 unspecified atom stereocenters. The fourth-order valence-electron chi connectivity index (χ4n) is 5.10. The van der Waals surface area contributed by atoms with E-state index in [9.17, 15) is 4.79 Å². The molecule has 170 valence electrons. The van der Waals surface area contributed by atoms with Crippen molar-refractivity contribution in [2.75, 3.05) is 57.9 Å². The molecule has 0 bridgehead atoms. The van der Waals surface area contributed by atoms with Crippen molar-refractivity contribution in [2.24, 2.45) is 7.05 Å². The van der Waals surface area contributed by atoms with E-state index in [4.69, 9.17) is 9.72 Å². The van der Waals surface area contributed by atoms with Crippen molar-refractivity contribution in [1.82, 2.24) is 19.4 Å². The molecule has 0 spiro atoms. The molecule has 2 aromatic rings. The Morgan fingerprint density at radius 3 is 2.61 bits per heavy atom. The number of hydrogen-bond acceptors (Lipinski definition) is 5. The number of hydrogen-bond donors (Lipinski definition) is 0. The summed E-state index contributed by atoms with van der Waals surface area (Å²) in [5, 5.41) is 0. The van der Waals surface area contributed by atoms with Crippen molar-refractivity contribution in [2.45, 2.75) is 45.1 Å². The number of likely N-dealkylation sites (tertiary alicyclic amines) is 1. The predicted octanol–water partition coefficient (Wildman–Crippen LogP) is 3.14. The van der Waals surface area contributed by atoms with E-state index < -0.39 is 0 Å². The summed E-state index contributed by atoms with van der Waals surface area (Å²) >= 11 is 0. The SMILES string of the molecule is CCCN1CCC(N(CCOC)C(=O)c2ccc3c(c2)nc(N2CCCC2)n3C)CC1. The van der Waals surface area contributed by atoms with Gasteiger partial charge in [-0.1, -0.05) is 6.92 Å². The molecule has 31 heavy (non-hydrogen) atoms. The first kappa shape index (κ1) is 22.1. The van der Waals surface area contributed by atoms with Gasteiger partial charge in [-0.15, -0.1) is 0 Å². The first-order valence-electron chi connectivity index (χ1n) is 11.9. The Balaban J connectivity index is 1.54. The maximum Gasteiger partial charge on any atom is 0.254 e. The van der Waals surface area contributed by atoms with Crippen LogP contribution in [0.4, 0.5) is 5.95 Å². The smallest absolute Gasteiger partial charge is 0.254 e. The van der Waals surface area contributed by atoms with E-state index in [1.54, 1.807) is 7.11 Å². The van der Waals surface area contributed by atoms with Crippen molar-refractivity contribution in [3.05, 3.63) is 23.8 Å². The van der Waals surface area contributed by atoms with Crippen LogP contribution in [0, 0.1) is 0 Å². The summed E-state index contributed by atoms with van der Waals surface area (Å²) in [5.41, 5.74) is 2.71. The summed E-state index contributed by atoms with van der Waals surface area (Å²) in [5.74, 6) is 1.11. The minimum Gasteiger partial charge on any atom is -0.383 e. The summed E-state index contributed by atoms with van der Waals surface area (Å²) in [6.07, 6.45) is 5.68. The van der Waals surface area contributed by atoms with E-state index in [0.717, 1.165) is 68.1 Å². The molecule has 4 rings (SSSR count). The normalized spacial score (nSPS) is 18.2. The second-order valence-corrected chi connectivity index (χ2v) is 8.93. The Labute approximate surface area is 185 Å². The Hall–Kier alpha value is -2.12. The maximum atomic E-state index is 13.6. The molecule has 3 heterocycles. The lowest BCUT2D eigenvalue weighted by molar-refractivity contribution is 0.0485. The van der Waals surface area contributed by atoms with Gasteiger partial charge in [0.05, 0.1) is 17.6 Å². The van der Waals surface area contributed by atoms with Crippen molar-refractivity contribution >= 4 is 22.9 Å². The summed E-state index contributed by atoms with van der Waals surface area (Å²) in [6, 6.07) is 6.26. The van der Waals surface area contributed by atoms with Crippen LogP contribution in [0.15, 0.2) is 18.2 Å². The van der Waals surface area contributed by atoms with Crippen LogP contribution in [0.3, 0.4) is 0 Å². The zero-order chi connectivity index (χ0) is 21.8. The highest BCUT2D eigenvalue weighted by atomic mass is 16.5. The number of carbonyl (C=O) groups is 1. The first-order chi connectivity index (χ1) is 15.1. The Kier molecular flexibility index (Phi) is 7.13. The average Bonchev–Trinajstić information content (AvgIpc) is 3.43. The van der Waals surface area contributed by atoms with Crippen LogP contribution in [0.1, 0.15) is 49.4 Å². The lowest BCUT2D eigenvalue weighted by atomic mass is 10.0. The fourth-order valence-corrected chi connectivity index (χ4v) is 5.10. The molecule has 0 N–H and O–H groups in total. The molecule has 2 aliphatic rings. The summed E-state index contributed by atoms with van der Waals surface area (Å²) < 4.78 is 7.48. The molecule has 1 amide bonds. The molecule has 7 nitrogen and oxygen atoms in total. The van der Waals surface area contributed by atoms with Gasteiger partial charge < -0.3 is 24.0 Å². The second-order valence-electron chi connectivity index (χ2n) is 8.93. The molecule has 0 saturated carbocycles. The molecule has 0 radical (unpaired) electrons. The Morgan fingerprint density at radius 1 is 1.19 bits per heavy atom. The molecule has 2 saturated heterocycles. The third kappa shape index (κ3) is 4.72. The third-order valence-electron chi connectivity index (χ3n) is 6.83. The predicted molar refractivity (Wildman–Crippen MR) is 125 cm³/mol. The van der Waals surface area contributed by atoms with Crippen molar-refractivity contribution in [3.8, 4) is 0 Å². The number of aromatic nitrogens is 2. The molecule has 1 aromatic heterocycles. The Bertz CT molecular complexity index is 881. The monoisotopic (exact) mass is 427 g/mol. The van der Waals surface area contributed by atoms with Gasteiger partial charge in [-0.25, -0.2) is 4.98 Å². The van der Waals surface area contributed by atoms with Gasteiger partial charge in [-0.2, -0.15) is 0 Å². The average molecular weight is 428 g/mol. The van der Waals surface area contributed by atoms with Crippen LogP contribution in [0.25, 0.3) is 11.0 Å². The number of benzene rings is 1. The van der Waals surface area contributed by atoms with E-state index in [0.29, 0.717) is 13.2 Å². The van der Waals surface area contributed by atoms with Crippen LogP contribution >= 0.6 is 0 Å². The second kappa shape index (κ2) is 10.0. The molecule has 0 aliphatic carbocycles. The number of aryl methyl sites for hydroxylation is 1. The quantitative estimate of drug-likeness (QED) is 0.648. The topological polar surface area (TPSA) is 53.8 Å². The minimum absolute atomic E-state index is 0.0984. The molecular weight excluding hydrogens is 390 g/mol. The zero-order valence-electron chi connectivity index (χ0n) is 19.3. The maximum absolute atomic E-state index is 13.6. The van der Waals surface area contributed by atoms with E-state index >= 15 is 0 Å². The summed E-state index contributed by atoms with van der Waals surface area (Å²) in [4.78, 5) is 25.3. The Morgan fingerprint density at radius 2 is 1.94 bits per heavy atom. The highest BCUT2D eigenvalue weighted by Crippen LogP contribution is 2.26. The van der Waals surface area contributed by atoms with Gasteiger partial charge in [0.2, 0.25) is 5.95 Å². The standard InChI is InChI=1S/C24H37N5O2/c1-4-11-27-14-9-20(10-15-27)29(16-17-31-3)23(30)19-7-8-22-21(18-19)25-24(26(22)2)28-12-5-6-13-28/h7-8,18,20H,4-6,9-17H2,1-3H3. The largest absolute Gasteiger partial charge is 0.383 e. The molecule has 2 fully saturated rings. The van der Waals surface area contributed by atoms with Crippen molar-refractivity contribution < 1.29 is 9.53 Å². The number of piperidine rings is 1. The number of anilines is 1. The van der Waals surface area contributed by atoms with Gasteiger partial charge >= 0.3 is 0 Å². The van der Waals surface area contributed by atoms with E-state index in [-0.39, 0.29) is 11.9 Å². The molecule has 0 atom stereocenters. The van der Waals surface area contributed by atoms with Crippen LogP contribution in [0.5, 0.6) is 0 Å². The number of nitrogens with zero attached hydrogens (tertiary/aromatic N) is 5. The van der Waals surface area contributed by atoms with Crippen LogP contribution < -0.4 is 4.90 Å². The number of carbonyl (C=O) groups excluding carboxylic acids is 1. The molecular formula is C24H37N5O2. The zero-order valence-corrected chi connectivity index (χ0v) is 19.3. The van der Waals surface area contributed by atoms with Crippen LogP contribution in [-0.2, 0) is 11.8 Å². The number of fused-ring (bicyclic) bond motifs is 1. The highest BCUT2D eigenvalue weighted by Gasteiger charge is 2.29. The van der Waals surface area contributed by atoms with E-state index in [2.05, 4.69) is 28.3 Å². The number of rotatable bonds is 8. The third-order valence-corrected chi connectivity index (χ3v) is 6.83. The summed E-state index contributed by atoms with van der Waals surface area (Å²) in [6.45, 7) is 8.81. The van der Waals surface area contributed by atoms with Gasteiger partial charge in [0.15, 0.2) is 0 Å². The van der Waals surface area contributed by atoms with Crippen LogP contribution in [-0.4, -0.2) is 84.3 Å². The lowest BCUT2D eigenvalue weighted by Gasteiger charge is -2.38. The molecule has 1 aromatic carbocycles. The fraction of sp³-hybridized carbons (Fsp3) is 0.667. The number of amides is 1. The number of imidazole rings is 1. The van der Waals surface area contributed by atoms with Gasteiger partial charge in [0, 0.05) is 58.5 Å². The van der Waals surface area contributed by atoms with Crippen molar-refractivity contribution in [1.29, 1.82) is 0 Å². The number of methoxy groups -OCH3 is 1. The molecule has 2 aliphatic heterocycles. The molecule has 7 heteroatoms. The van der Waals surface area contributed by atoms with Gasteiger partial charge in [-0.05, 0) is 56.8 Å². The summed E-state index contributed by atoms with van der Waals surface area (Å²) in [7, 11) is 3.77. The lowest BCUT2D eigenvalue weighted by Crippen LogP contribution is -2.48. The first-order valence-corrected chi connectivity index (χ1v) is 11.9. The van der Waals surface area contributed by atoms with Crippen LogP contribution in [0.2, 0.25) is 0 Å². The number of ether oxygens (including phenoxy) is 1. The highest BCUT2D eigenvalue weighted by molar-refractivity contribution is 5.98.